The van der Waals surface area contributed by atoms with Gasteiger partial charge in [-0.3, -0.25) is 0 Å². The van der Waals surface area contributed by atoms with Gasteiger partial charge in [0.15, 0.2) is 0 Å². The van der Waals surface area contributed by atoms with E-state index in [4.69, 9.17) is 0 Å². The number of rotatable bonds is 4. The summed E-state index contributed by atoms with van der Waals surface area (Å²) >= 11 is 0. The highest BCUT2D eigenvalue weighted by molar-refractivity contribution is 5.26. The lowest BCUT2D eigenvalue weighted by Crippen LogP contribution is -1.87. The molecular formula is C15H20. The minimum absolute atomic E-state index is 1.12. The summed E-state index contributed by atoms with van der Waals surface area (Å²) < 4.78 is 0. The van der Waals surface area contributed by atoms with Gasteiger partial charge in [-0.2, -0.15) is 0 Å². The van der Waals surface area contributed by atoms with Crippen molar-refractivity contribution in [3.8, 4) is 0 Å². The van der Waals surface area contributed by atoms with E-state index in [1.807, 2.05) is 0 Å². The highest BCUT2D eigenvalue weighted by Gasteiger charge is 1.94. The molecule has 0 unspecified atom stereocenters. The van der Waals surface area contributed by atoms with Crippen molar-refractivity contribution in [3.63, 3.8) is 0 Å². The quantitative estimate of drug-likeness (QED) is 0.630. The first-order chi connectivity index (χ1) is 7.24. The summed E-state index contributed by atoms with van der Waals surface area (Å²) in [5, 5.41) is 0. The van der Waals surface area contributed by atoms with Gasteiger partial charge in [0.1, 0.15) is 0 Å². The molecule has 0 aliphatic carbocycles. The lowest BCUT2D eigenvalue weighted by Gasteiger charge is -2.02. The van der Waals surface area contributed by atoms with E-state index in [1.165, 1.54) is 16.7 Å². The van der Waals surface area contributed by atoms with Gasteiger partial charge in [-0.05, 0) is 44.7 Å². The van der Waals surface area contributed by atoms with Crippen LogP contribution in [0.3, 0.4) is 0 Å². The first kappa shape index (κ1) is 11.8. The second-order valence-corrected chi connectivity index (χ2v) is 3.90. The maximum atomic E-state index is 2.25. The molecule has 1 rings (SSSR count). The topological polar surface area (TPSA) is 0 Å². The Kier molecular flexibility index (Phi) is 4.89. The van der Waals surface area contributed by atoms with Crippen LogP contribution in [0.5, 0.6) is 0 Å². The Bertz CT molecular complexity index is 356. The van der Waals surface area contributed by atoms with Gasteiger partial charge in [-0.1, -0.05) is 48.1 Å². The number of allylic oxidation sites excluding steroid dienone is 4. The molecule has 1 aromatic carbocycles. The van der Waals surface area contributed by atoms with Gasteiger partial charge in [0, 0.05) is 0 Å². The molecule has 15 heavy (non-hydrogen) atoms. The van der Waals surface area contributed by atoms with E-state index in [1.54, 1.807) is 0 Å². The third-order valence-electron chi connectivity index (χ3n) is 2.68. The highest BCUT2D eigenvalue weighted by atomic mass is 14.0. The van der Waals surface area contributed by atoms with E-state index in [-0.39, 0.29) is 0 Å². The van der Waals surface area contributed by atoms with Crippen LogP contribution in [0.4, 0.5) is 0 Å². The van der Waals surface area contributed by atoms with Crippen molar-refractivity contribution in [1.29, 1.82) is 0 Å². The average Bonchev–Trinajstić information content (AvgIpc) is 2.26. The molecule has 0 bridgehead atoms. The number of hydrogen-bond acceptors (Lipinski definition) is 0. The molecular weight excluding hydrogens is 180 g/mol. The van der Waals surface area contributed by atoms with Crippen molar-refractivity contribution in [2.75, 3.05) is 0 Å². The molecule has 0 spiro atoms. The zero-order valence-corrected chi connectivity index (χ0v) is 9.96. The molecule has 0 aliphatic heterocycles. The van der Waals surface area contributed by atoms with E-state index in [9.17, 15) is 0 Å². The van der Waals surface area contributed by atoms with Gasteiger partial charge in [0.05, 0.1) is 0 Å². The highest BCUT2D eigenvalue weighted by Crippen LogP contribution is 2.10. The summed E-state index contributed by atoms with van der Waals surface area (Å²) in [6.45, 7) is 6.38. The third-order valence-corrected chi connectivity index (χ3v) is 2.68. The minimum Gasteiger partial charge on any atom is -0.0847 e. The summed E-state index contributed by atoms with van der Waals surface area (Å²) in [6.07, 6.45) is 8.83. The predicted octanol–water partition coefficient (Wildman–Crippen LogP) is 4.45. The van der Waals surface area contributed by atoms with Crippen molar-refractivity contribution in [1.82, 2.24) is 0 Å². The van der Waals surface area contributed by atoms with Crippen LogP contribution in [-0.2, 0) is 6.42 Å². The Morgan fingerprint density at radius 1 is 1.27 bits per heavy atom. The molecule has 0 fully saturated rings. The van der Waals surface area contributed by atoms with Gasteiger partial charge in [-0.25, -0.2) is 0 Å². The molecule has 0 saturated heterocycles. The standard InChI is InChI=1S/C15H20/c1-4-13(2)9-5-7-11-15-12-8-6-10-14(15)3/h4-6,8-10,12H,7,11H2,1-3H3/b9-5-,13-4-. The number of benzene rings is 1. The van der Waals surface area contributed by atoms with Crippen LogP contribution in [0.1, 0.15) is 31.4 Å². The van der Waals surface area contributed by atoms with Crippen LogP contribution < -0.4 is 0 Å². The SMILES string of the molecule is C/C=C(C)\C=C/CCc1ccccc1C. The second kappa shape index (κ2) is 6.23. The fourth-order valence-corrected chi connectivity index (χ4v) is 1.49. The van der Waals surface area contributed by atoms with Crippen molar-refractivity contribution >= 4 is 0 Å². The molecule has 0 heteroatoms. The monoisotopic (exact) mass is 200 g/mol. The van der Waals surface area contributed by atoms with Gasteiger partial charge < -0.3 is 0 Å². The van der Waals surface area contributed by atoms with Gasteiger partial charge in [0.25, 0.3) is 0 Å². The van der Waals surface area contributed by atoms with Crippen molar-refractivity contribution in [2.45, 2.75) is 33.6 Å². The minimum atomic E-state index is 1.12. The summed E-state index contributed by atoms with van der Waals surface area (Å²) in [5.74, 6) is 0. The fourth-order valence-electron chi connectivity index (χ4n) is 1.49. The molecule has 0 aliphatic rings. The Morgan fingerprint density at radius 2 is 2.00 bits per heavy atom. The second-order valence-electron chi connectivity index (χ2n) is 3.90. The molecule has 0 N–H and O–H groups in total. The molecule has 0 amide bonds. The largest absolute Gasteiger partial charge is 0.0847 e. The van der Waals surface area contributed by atoms with E-state index in [2.05, 4.69) is 63.3 Å². The molecule has 80 valence electrons. The number of hydrogen-bond donors (Lipinski definition) is 0. The first-order valence-electron chi connectivity index (χ1n) is 5.58. The van der Waals surface area contributed by atoms with Crippen molar-refractivity contribution in [3.05, 3.63) is 59.2 Å². The Balaban J connectivity index is 2.45. The zero-order valence-electron chi connectivity index (χ0n) is 9.96. The van der Waals surface area contributed by atoms with Crippen molar-refractivity contribution < 1.29 is 0 Å². The van der Waals surface area contributed by atoms with E-state index < -0.39 is 0 Å². The average molecular weight is 200 g/mol. The molecule has 0 atom stereocenters. The molecule has 0 aromatic heterocycles. The first-order valence-corrected chi connectivity index (χ1v) is 5.58. The lowest BCUT2D eigenvalue weighted by atomic mass is 10.0. The summed E-state index contributed by atoms with van der Waals surface area (Å²) in [5.41, 5.74) is 4.19. The summed E-state index contributed by atoms with van der Waals surface area (Å²) in [4.78, 5) is 0. The fraction of sp³-hybridized carbons (Fsp3) is 0.333. The number of aryl methyl sites for hydroxylation is 2. The van der Waals surface area contributed by atoms with Crippen molar-refractivity contribution in [2.24, 2.45) is 0 Å². The predicted molar refractivity (Wildman–Crippen MR) is 68.1 cm³/mol. The molecule has 0 saturated carbocycles. The smallest absolute Gasteiger partial charge is 0.0241 e. The van der Waals surface area contributed by atoms with Crippen LogP contribution in [0.15, 0.2) is 48.1 Å². The molecule has 1 aromatic rings. The van der Waals surface area contributed by atoms with Crippen LogP contribution in [0.25, 0.3) is 0 Å². The summed E-state index contributed by atoms with van der Waals surface area (Å²) in [6, 6.07) is 8.60. The summed E-state index contributed by atoms with van der Waals surface area (Å²) in [7, 11) is 0. The van der Waals surface area contributed by atoms with Gasteiger partial charge in [0.2, 0.25) is 0 Å². The normalized spacial score (nSPS) is 12.3. The van der Waals surface area contributed by atoms with Crippen LogP contribution in [-0.4, -0.2) is 0 Å². The maximum absolute atomic E-state index is 2.25. The van der Waals surface area contributed by atoms with Crippen LogP contribution in [0.2, 0.25) is 0 Å². The molecule has 0 heterocycles. The molecule has 0 radical (unpaired) electrons. The van der Waals surface area contributed by atoms with E-state index >= 15 is 0 Å². The van der Waals surface area contributed by atoms with Gasteiger partial charge >= 0.3 is 0 Å². The van der Waals surface area contributed by atoms with Gasteiger partial charge in [-0.15, -0.1) is 0 Å². The van der Waals surface area contributed by atoms with E-state index in [0.717, 1.165) is 12.8 Å². The van der Waals surface area contributed by atoms with Crippen LogP contribution >= 0.6 is 0 Å². The Morgan fingerprint density at radius 3 is 2.67 bits per heavy atom. The third kappa shape index (κ3) is 4.16. The van der Waals surface area contributed by atoms with Crippen LogP contribution in [0, 0.1) is 6.92 Å². The Hall–Kier alpha value is -1.30. The van der Waals surface area contributed by atoms with E-state index in [0.29, 0.717) is 0 Å². The lowest BCUT2D eigenvalue weighted by molar-refractivity contribution is 0.986. The maximum Gasteiger partial charge on any atom is -0.0241 e. The Labute approximate surface area is 93.3 Å². The zero-order chi connectivity index (χ0) is 11.1. The molecule has 0 nitrogen and oxygen atoms in total.